The van der Waals surface area contributed by atoms with Gasteiger partial charge in [0.05, 0.1) is 18.9 Å². The molecule has 1 unspecified atom stereocenters. The van der Waals surface area contributed by atoms with Crippen molar-refractivity contribution in [1.29, 1.82) is 0 Å². The monoisotopic (exact) mass is 322 g/mol. The standard InChI is InChI=1S/C16H16F2N2O3/c1-23-15-5-3-2-4-13(15)20-16(22)19-9-14(21)11-7-6-10(17)8-12(11)18/h2-8,14,21H,9H2,1H3,(H2,19,20,22). The highest BCUT2D eigenvalue weighted by Crippen LogP contribution is 2.23. The average Bonchev–Trinajstić information content (AvgIpc) is 2.53. The molecule has 23 heavy (non-hydrogen) atoms. The van der Waals surface area contributed by atoms with Gasteiger partial charge >= 0.3 is 6.03 Å². The molecule has 0 fully saturated rings. The lowest BCUT2D eigenvalue weighted by atomic mass is 10.1. The Balaban J connectivity index is 1.93. The van der Waals surface area contributed by atoms with Crippen molar-refractivity contribution in [1.82, 2.24) is 5.32 Å². The Morgan fingerprint density at radius 1 is 1.26 bits per heavy atom. The van der Waals surface area contributed by atoms with Crippen molar-refractivity contribution in [2.75, 3.05) is 19.0 Å². The number of nitrogens with one attached hydrogen (secondary N) is 2. The van der Waals surface area contributed by atoms with Crippen LogP contribution < -0.4 is 15.4 Å². The summed E-state index contributed by atoms with van der Waals surface area (Å²) in [5.41, 5.74) is 0.360. The number of urea groups is 1. The van der Waals surface area contributed by atoms with E-state index in [2.05, 4.69) is 10.6 Å². The fourth-order valence-corrected chi connectivity index (χ4v) is 1.99. The number of hydrogen-bond acceptors (Lipinski definition) is 3. The van der Waals surface area contributed by atoms with Gasteiger partial charge in [-0.15, -0.1) is 0 Å². The molecule has 0 spiro atoms. The molecule has 3 N–H and O–H groups in total. The van der Waals surface area contributed by atoms with Crippen LogP contribution in [0.2, 0.25) is 0 Å². The van der Waals surface area contributed by atoms with Crippen molar-refractivity contribution in [3.8, 4) is 5.75 Å². The summed E-state index contributed by atoms with van der Waals surface area (Å²) in [6, 6.07) is 9.06. The predicted octanol–water partition coefficient (Wildman–Crippen LogP) is 2.83. The van der Waals surface area contributed by atoms with E-state index in [1.807, 2.05) is 0 Å². The van der Waals surface area contributed by atoms with E-state index in [4.69, 9.17) is 4.74 Å². The zero-order valence-corrected chi connectivity index (χ0v) is 12.3. The third-order valence-electron chi connectivity index (χ3n) is 3.13. The molecule has 122 valence electrons. The molecule has 2 aromatic carbocycles. The van der Waals surface area contributed by atoms with E-state index in [-0.39, 0.29) is 12.1 Å². The number of amides is 2. The Bertz CT molecular complexity index is 695. The first-order valence-electron chi connectivity index (χ1n) is 6.82. The molecule has 2 aromatic rings. The molecular formula is C16H16F2N2O3. The summed E-state index contributed by atoms with van der Waals surface area (Å²) < 4.78 is 31.4. The third kappa shape index (κ3) is 4.40. The molecule has 0 aliphatic rings. The van der Waals surface area contributed by atoms with Crippen LogP contribution in [0.15, 0.2) is 42.5 Å². The molecule has 7 heteroatoms. The van der Waals surface area contributed by atoms with E-state index in [1.165, 1.54) is 7.11 Å². The van der Waals surface area contributed by atoms with Crippen molar-refractivity contribution in [2.45, 2.75) is 6.10 Å². The number of benzene rings is 2. The Kier molecular flexibility index (Phi) is 5.48. The van der Waals surface area contributed by atoms with E-state index in [0.29, 0.717) is 17.5 Å². The van der Waals surface area contributed by atoms with Gasteiger partial charge in [-0.25, -0.2) is 13.6 Å². The van der Waals surface area contributed by atoms with Crippen LogP contribution in [0.25, 0.3) is 0 Å². The summed E-state index contributed by atoms with van der Waals surface area (Å²) in [4.78, 5) is 11.8. The number of halogens is 2. The SMILES string of the molecule is COc1ccccc1NC(=O)NCC(O)c1ccc(F)cc1F. The molecule has 0 saturated heterocycles. The lowest BCUT2D eigenvalue weighted by Gasteiger charge is -2.14. The van der Waals surface area contributed by atoms with Crippen LogP contribution >= 0.6 is 0 Å². The number of aliphatic hydroxyl groups is 1. The van der Waals surface area contributed by atoms with E-state index in [0.717, 1.165) is 12.1 Å². The Morgan fingerprint density at radius 3 is 2.70 bits per heavy atom. The van der Waals surface area contributed by atoms with Gasteiger partial charge in [0.15, 0.2) is 0 Å². The van der Waals surface area contributed by atoms with Crippen molar-refractivity contribution in [2.24, 2.45) is 0 Å². The minimum absolute atomic E-state index is 0.0935. The highest BCUT2D eigenvalue weighted by molar-refractivity contribution is 5.90. The van der Waals surface area contributed by atoms with Crippen molar-refractivity contribution in [3.63, 3.8) is 0 Å². The number of para-hydroxylation sites is 2. The first-order chi connectivity index (χ1) is 11.0. The van der Waals surface area contributed by atoms with Crippen LogP contribution in [0.4, 0.5) is 19.3 Å². The average molecular weight is 322 g/mol. The van der Waals surface area contributed by atoms with Gasteiger partial charge in [0.2, 0.25) is 0 Å². The van der Waals surface area contributed by atoms with Gasteiger partial charge in [0.25, 0.3) is 0 Å². The van der Waals surface area contributed by atoms with Crippen molar-refractivity contribution in [3.05, 3.63) is 59.7 Å². The summed E-state index contributed by atoms with van der Waals surface area (Å²) in [5.74, 6) is -1.13. The van der Waals surface area contributed by atoms with Crippen molar-refractivity contribution >= 4 is 11.7 Å². The molecule has 2 amide bonds. The number of rotatable bonds is 5. The molecule has 0 saturated carbocycles. The fraction of sp³-hybridized carbons (Fsp3) is 0.188. The smallest absolute Gasteiger partial charge is 0.319 e. The molecule has 1 atom stereocenters. The van der Waals surface area contributed by atoms with E-state index in [1.54, 1.807) is 24.3 Å². The molecule has 5 nitrogen and oxygen atoms in total. The number of aliphatic hydroxyl groups excluding tert-OH is 1. The molecule has 0 radical (unpaired) electrons. The number of ether oxygens (including phenoxy) is 1. The number of carbonyl (C=O) groups excluding carboxylic acids is 1. The van der Waals surface area contributed by atoms with E-state index >= 15 is 0 Å². The molecule has 2 rings (SSSR count). The maximum absolute atomic E-state index is 13.5. The van der Waals surface area contributed by atoms with Crippen molar-refractivity contribution < 1.29 is 23.4 Å². The van der Waals surface area contributed by atoms with Crippen LogP contribution in [0.1, 0.15) is 11.7 Å². The van der Waals surface area contributed by atoms with Gasteiger partial charge in [-0.1, -0.05) is 18.2 Å². The van der Waals surface area contributed by atoms with Gasteiger partial charge in [-0.05, 0) is 18.2 Å². The largest absolute Gasteiger partial charge is 0.495 e. The highest BCUT2D eigenvalue weighted by atomic mass is 19.1. The molecule has 0 bridgehead atoms. The van der Waals surface area contributed by atoms with E-state index < -0.39 is 23.8 Å². The Hall–Kier alpha value is -2.67. The predicted molar refractivity (Wildman–Crippen MR) is 81.3 cm³/mol. The third-order valence-corrected chi connectivity index (χ3v) is 3.13. The van der Waals surface area contributed by atoms with Gasteiger partial charge in [0.1, 0.15) is 17.4 Å². The summed E-state index contributed by atoms with van der Waals surface area (Å²) in [6.07, 6.45) is -1.29. The minimum Gasteiger partial charge on any atom is -0.495 e. The number of carbonyl (C=O) groups is 1. The second-order valence-corrected chi connectivity index (χ2v) is 4.72. The molecule has 0 aliphatic heterocycles. The number of anilines is 1. The first kappa shape index (κ1) is 16.7. The summed E-state index contributed by atoms with van der Waals surface area (Å²) >= 11 is 0. The Morgan fingerprint density at radius 2 is 2.00 bits per heavy atom. The molecule has 0 heterocycles. The second kappa shape index (κ2) is 7.55. The topological polar surface area (TPSA) is 70.6 Å². The lowest BCUT2D eigenvalue weighted by molar-refractivity contribution is 0.170. The van der Waals surface area contributed by atoms with Crippen LogP contribution in [0, 0.1) is 11.6 Å². The summed E-state index contributed by atoms with van der Waals surface area (Å²) in [6.45, 7) is -0.233. The number of hydrogen-bond donors (Lipinski definition) is 3. The summed E-state index contributed by atoms with van der Waals surface area (Å²) in [5, 5.41) is 14.8. The van der Waals surface area contributed by atoms with Crippen LogP contribution in [0.3, 0.4) is 0 Å². The molecular weight excluding hydrogens is 306 g/mol. The maximum Gasteiger partial charge on any atom is 0.319 e. The zero-order valence-electron chi connectivity index (χ0n) is 12.3. The quantitative estimate of drug-likeness (QED) is 0.793. The fourth-order valence-electron chi connectivity index (χ4n) is 1.99. The minimum atomic E-state index is -1.29. The number of methoxy groups -OCH3 is 1. The summed E-state index contributed by atoms with van der Waals surface area (Å²) in [7, 11) is 1.47. The van der Waals surface area contributed by atoms with Crippen LogP contribution in [-0.4, -0.2) is 24.8 Å². The first-order valence-corrected chi connectivity index (χ1v) is 6.82. The zero-order chi connectivity index (χ0) is 16.8. The van der Waals surface area contributed by atoms with Gasteiger partial charge in [-0.3, -0.25) is 0 Å². The highest BCUT2D eigenvalue weighted by Gasteiger charge is 2.15. The van der Waals surface area contributed by atoms with Gasteiger partial charge in [0, 0.05) is 18.2 Å². The maximum atomic E-state index is 13.5. The molecule has 0 aliphatic carbocycles. The lowest BCUT2D eigenvalue weighted by Crippen LogP contribution is -2.32. The van der Waals surface area contributed by atoms with Gasteiger partial charge in [-0.2, -0.15) is 0 Å². The van der Waals surface area contributed by atoms with Crippen LogP contribution in [0.5, 0.6) is 5.75 Å². The van der Waals surface area contributed by atoms with Gasteiger partial charge < -0.3 is 20.5 Å². The van der Waals surface area contributed by atoms with E-state index in [9.17, 15) is 18.7 Å². The Labute approximate surface area is 131 Å². The normalized spacial score (nSPS) is 11.7. The second-order valence-electron chi connectivity index (χ2n) is 4.72. The molecule has 0 aromatic heterocycles. The van der Waals surface area contributed by atoms with Crippen LogP contribution in [-0.2, 0) is 0 Å².